The van der Waals surface area contributed by atoms with Gasteiger partial charge in [0.25, 0.3) is 5.91 Å². The summed E-state index contributed by atoms with van der Waals surface area (Å²) in [5.74, 6) is -0.530. The topological polar surface area (TPSA) is 68.9 Å². The molecule has 21 heavy (non-hydrogen) atoms. The van der Waals surface area contributed by atoms with Gasteiger partial charge in [-0.05, 0) is 36.1 Å². The van der Waals surface area contributed by atoms with Gasteiger partial charge in [-0.15, -0.1) is 0 Å². The van der Waals surface area contributed by atoms with Crippen LogP contribution in [-0.2, 0) is 0 Å². The molecule has 0 atom stereocenters. The first-order valence-electron chi connectivity index (χ1n) is 6.37. The molecular weight excluding hydrogens is 286 g/mol. The molecule has 0 aliphatic rings. The number of pyridine rings is 2. The summed E-state index contributed by atoms with van der Waals surface area (Å²) in [4.78, 5) is 19.7. The second-order valence-corrected chi connectivity index (χ2v) is 5.19. The number of aryl methyl sites for hydroxylation is 1. The number of rotatable bonds is 2. The number of carbonyl (C=O) groups is 1. The van der Waals surface area contributed by atoms with Crippen LogP contribution in [0.4, 0.5) is 0 Å². The molecule has 0 spiro atoms. The molecule has 1 aromatic carbocycles. The molecule has 0 aliphatic carbocycles. The van der Waals surface area contributed by atoms with Gasteiger partial charge in [-0.3, -0.25) is 14.8 Å². The number of nitrogens with zero attached hydrogens (tertiary/aromatic N) is 2. The van der Waals surface area contributed by atoms with E-state index in [0.29, 0.717) is 5.02 Å². The van der Waals surface area contributed by atoms with Crippen molar-refractivity contribution in [3.63, 3.8) is 0 Å². The second kappa shape index (κ2) is 5.14. The third kappa shape index (κ3) is 2.45. The normalized spacial score (nSPS) is 10.8. The Morgan fingerprint density at radius 3 is 2.71 bits per heavy atom. The summed E-state index contributed by atoms with van der Waals surface area (Å²) >= 11 is 6.13. The van der Waals surface area contributed by atoms with Gasteiger partial charge >= 0.3 is 0 Å². The Balaban J connectivity index is 2.12. The molecule has 104 valence electrons. The predicted octanol–water partition coefficient (Wildman–Crippen LogP) is 3.36. The zero-order chi connectivity index (χ0) is 15.0. The molecule has 0 saturated carbocycles. The number of halogens is 1. The third-order valence-corrected chi connectivity index (χ3v) is 3.65. The monoisotopic (exact) mass is 297 g/mol. The lowest BCUT2D eigenvalue weighted by molar-refractivity contribution is 0.0995. The molecule has 3 rings (SSSR count). The van der Waals surface area contributed by atoms with E-state index < -0.39 is 5.91 Å². The number of benzene rings is 1. The van der Waals surface area contributed by atoms with Gasteiger partial charge in [-0.25, -0.2) is 0 Å². The highest BCUT2D eigenvalue weighted by Gasteiger charge is 2.09. The maximum absolute atomic E-state index is 11.2. The molecule has 0 aliphatic heterocycles. The van der Waals surface area contributed by atoms with Crippen LogP contribution in [0.3, 0.4) is 0 Å². The zero-order valence-corrected chi connectivity index (χ0v) is 12.1. The van der Waals surface area contributed by atoms with E-state index in [1.165, 1.54) is 0 Å². The fourth-order valence-corrected chi connectivity index (χ4v) is 2.50. The van der Waals surface area contributed by atoms with Crippen LogP contribution in [-0.4, -0.2) is 15.9 Å². The van der Waals surface area contributed by atoms with E-state index >= 15 is 0 Å². The first-order valence-corrected chi connectivity index (χ1v) is 6.75. The van der Waals surface area contributed by atoms with Crippen LogP contribution in [0.2, 0.25) is 5.02 Å². The van der Waals surface area contributed by atoms with Crippen LogP contribution >= 0.6 is 11.6 Å². The lowest BCUT2D eigenvalue weighted by atomic mass is 10.1. The van der Waals surface area contributed by atoms with E-state index in [9.17, 15) is 4.79 Å². The van der Waals surface area contributed by atoms with Crippen molar-refractivity contribution < 1.29 is 4.79 Å². The molecule has 0 saturated heterocycles. The number of nitrogens with two attached hydrogens (primary N) is 1. The molecule has 2 N–H and O–H groups in total. The molecule has 2 aromatic heterocycles. The number of hydrogen-bond donors (Lipinski definition) is 1. The maximum atomic E-state index is 11.2. The lowest BCUT2D eigenvalue weighted by Crippen LogP contribution is -2.14. The molecule has 0 unspecified atom stereocenters. The van der Waals surface area contributed by atoms with E-state index in [1.807, 2.05) is 30.3 Å². The minimum absolute atomic E-state index is 0.280. The third-order valence-electron chi connectivity index (χ3n) is 3.32. The molecule has 0 radical (unpaired) electrons. The molecular formula is C16H12ClN3O. The highest BCUT2D eigenvalue weighted by atomic mass is 35.5. The maximum Gasteiger partial charge on any atom is 0.267 e. The summed E-state index contributed by atoms with van der Waals surface area (Å²) in [6.45, 7) is 1.80. The van der Waals surface area contributed by atoms with Crippen LogP contribution in [0.15, 0.2) is 42.7 Å². The van der Waals surface area contributed by atoms with Crippen molar-refractivity contribution in [3.05, 3.63) is 59.0 Å². The Hall–Kier alpha value is -2.46. The average Bonchev–Trinajstić information content (AvgIpc) is 2.46. The van der Waals surface area contributed by atoms with Crippen LogP contribution in [0, 0.1) is 6.92 Å². The quantitative estimate of drug-likeness (QED) is 0.788. The standard InChI is InChI=1S/C16H12ClN3O/c1-9-5-11(7-20-15(9)16(18)21)14-6-10-3-2-4-13(17)12(10)8-19-14/h2-8H,1H3,(H2,18,21). The number of carbonyl (C=O) groups excluding carboxylic acids is 1. The van der Waals surface area contributed by atoms with E-state index in [2.05, 4.69) is 9.97 Å². The summed E-state index contributed by atoms with van der Waals surface area (Å²) < 4.78 is 0. The molecule has 0 fully saturated rings. The molecule has 3 aromatic rings. The van der Waals surface area contributed by atoms with Crippen molar-refractivity contribution in [2.75, 3.05) is 0 Å². The minimum Gasteiger partial charge on any atom is -0.364 e. The molecule has 4 nitrogen and oxygen atoms in total. The zero-order valence-electron chi connectivity index (χ0n) is 11.3. The highest BCUT2D eigenvalue weighted by molar-refractivity contribution is 6.35. The molecule has 5 heteroatoms. The first kappa shape index (κ1) is 13.5. The smallest absolute Gasteiger partial charge is 0.267 e. The van der Waals surface area contributed by atoms with E-state index in [-0.39, 0.29) is 5.69 Å². The second-order valence-electron chi connectivity index (χ2n) is 4.78. The van der Waals surface area contributed by atoms with Crippen LogP contribution < -0.4 is 5.73 Å². The number of aromatic nitrogens is 2. The largest absolute Gasteiger partial charge is 0.364 e. The molecule has 0 bridgehead atoms. The van der Waals surface area contributed by atoms with Gasteiger partial charge in [0.2, 0.25) is 0 Å². The van der Waals surface area contributed by atoms with Crippen LogP contribution in [0.25, 0.3) is 22.0 Å². The Morgan fingerprint density at radius 1 is 1.19 bits per heavy atom. The number of fused-ring (bicyclic) bond motifs is 1. The van der Waals surface area contributed by atoms with Crippen LogP contribution in [0.1, 0.15) is 16.1 Å². The number of hydrogen-bond acceptors (Lipinski definition) is 3. The highest BCUT2D eigenvalue weighted by Crippen LogP contribution is 2.27. The van der Waals surface area contributed by atoms with E-state index in [1.54, 1.807) is 19.3 Å². The summed E-state index contributed by atoms with van der Waals surface area (Å²) in [5.41, 5.74) is 7.88. The molecule has 2 heterocycles. The summed E-state index contributed by atoms with van der Waals surface area (Å²) in [6.07, 6.45) is 3.34. The minimum atomic E-state index is -0.530. The van der Waals surface area contributed by atoms with Crippen LogP contribution in [0.5, 0.6) is 0 Å². The van der Waals surface area contributed by atoms with Gasteiger partial charge in [-0.1, -0.05) is 23.7 Å². The van der Waals surface area contributed by atoms with Crippen molar-refractivity contribution in [3.8, 4) is 11.3 Å². The summed E-state index contributed by atoms with van der Waals surface area (Å²) in [7, 11) is 0. The van der Waals surface area contributed by atoms with E-state index in [4.69, 9.17) is 17.3 Å². The van der Waals surface area contributed by atoms with Gasteiger partial charge in [0.15, 0.2) is 0 Å². The Labute approximate surface area is 126 Å². The van der Waals surface area contributed by atoms with E-state index in [0.717, 1.165) is 27.6 Å². The fraction of sp³-hybridized carbons (Fsp3) is 0.0625. The van der Waals surface area contributed by atoms with Crippen molar-refractivity contribution in [1.82, 2.24) is 9.97 Å². The number of amides is 1. The van der Waals surface area contributed by atoms with Gasteiger partial charge in [0, 0.05) is 28.4 Å². The van der Waals surface area contributed by atoms with Crippen molar-refractivity contribution in [1.29, 1.82) is 0 Å². The van der Waals surface area contributed by atoms with Gasteiger partial charge in [-0.2, -0.15) is 0 Å². The molecule has 1 amide bonds. The van der Waals surface area contributed by atoms with Crippen molar-refractivity contribution >= 4 is 28.3 Å². The van der Waals surface area contributed by atoms with Gasteiger partial charge < -0.3 is 5.73 Å². The Morgan fingerprint density at radius 2 is 2.00 bits per heavy atom. The Kier molecular flexibility index (Phi) is 3.31. The van der Waals surface area contributed by atoms with Gasteiger partial charge in [0.05, 0.1) is 5.69 Å². The SMILES string of the molecule is Cc1cc(-c2cc3cccc(Cl)c3cn2)cnc1C(N)=O. The summed E-state index contributed by atoms with van der Waals surface area (Å²) in [5, 5.41) is 2.58. The fourth-order valence-electron chi connectivity index (χ4n) is 2.27. The number of primary amides is 1. The van der Waals surface area contributed by atoms with Gasteiger partial charge in [0.1, 0.15) is 5.69 Å². The lowest BCUT2D eigenvalue weighted by Gasteiger charge is -2.06. The first-order chi connectivity index (χ1) is 10.1. The average molecular weight is 298 g/mol. The van der Waals surface area contributed by atoms with Crippen molar-refractivity contribution in [2.45, 2.75) is 6.92 Å². The summed E-state index contributed by atoms with van der Waals surface area (Å²) in [6, 6.07) is 9.50. The Bertz CT molecular complexity index is 861. The predicted molar refractivity (Wildman–Crippen MR) is 83.2 cm³/mol. The van der Waals surface area contributed by atoms with Crippen molar-refractivity contribution in [2.24, 2.45) is 5.73 Å².